The third kappa shape index (κ3) is 31.3. The lowest BCUT2D eigenvalue weighted by atomic mass is 9.90. The summed E-state index contributed by atoms with van der Waals surface area (Å²) in [6, 6.07) is 0. The molecule has 11 rings (SSSR count). The zero-order valence-electron chi connectivity index (χ0n) is 70.8. The first kappa shape index (κ1) is 119. The third-order valence-corrected chi connectivity index (χ3v) is 27.3. The monoisotopic (exact) mass is 1750 g/mol. The van der Waals surface area contributed by atoms with Gasteiger partial charge in [0, 0.05) is 131 Å². The molecule has 11 aliphatic rings. The number of hydrogen-bond acceptors (Lipinski definition) is 28. The largest absolute Gasteiger partial charge is 0.420 e. The summed E-state index contributed by atoms with van der Waals surface area (Å²) in [4.78, 5) is 0. The first-order valence-electron chi connectivity index (χ1n) is 41.5. The van der Waals surface area contributed by atoms with Gasteiger partial charge in [0.15, 0.2) is 5.60 Å². The summed E-state index contributed by atoms with van der Waals surface area (Å²) in [6.45, 7) is 25.0. The summed E-state index contributed by atoms with van der Waals surface area (Å²) in [5.74, 6) is -2.00. The van der Waals surface area contributed by atoms with E-state index in [-0.39, 0.29) is 188 Å². The average molecular weight is 1750 g/mol. The highest BCUT2D eigenvalue weighted by Crippen LogP contribution is 2.50. The molecule has 0 bridgehead atoms. The van der Waals surface area contributed by atoms with Crippen LogP contribution in [0.5, 0.6) is 0 Å². The maximum atomic E-state index is 13.5. The summed E-state index contributed by atoms with van der Waals surface area (Å²) in [7, 11) is 0. The SMILES string of the molecule is C.C.C=C1[C@@H](C)[C@H](O)[C@H](O)[C@H]1CO.C[C@@H]1C=C(CO)[C@@H](O)[C@H]1O.C[C@@H]1C[C@H](CO)C[C@H]1O.C[C@@H]1C[C@H](CO)[C@@H](CO)[C@H]1O.C[C@@H]1C[C@H](CO)[C@@H](O)[C@@]1(C)F.C[C@@H]1C[C@H](CO)[C@@H](O)[C@@]1(C)O.C[C@@H]1C[C@H](CO)[C@@H](O)[C@H]1F.C[C@@H]1C[C@H](CO)[C@@H](O)[C@H]1O.C[C@@H]1C[C@H](CO)[C@@H](O)[C@]1(O)C(F)(F)F.C[C@@H]1C[C@H](CO)[C@@H](O)[C@]1(O)CF.C[C@H]1C=C[C@@H](CO)C1. The smallest absolute Gasteiger partial charge is 0.396 e. The van der Waals surface area contributed by atoms with Crippen molar-refractivity contribution in [3.63, 3.8) is 0 Å². The van der Waals surface area contributed by atoms with Gasteiger partial charge >= 0.3 is 6.18 Å². The Kier molecular flexibility index (Phi) is 54.0. The summed E-state index contributed by atoms with van der Waals surface area (Å²) in [6.07, 6.45) is -4.24. The van der Waals surface area contributed by atoms with Crippen LogP contribution in [-0.2, 0) is 0 Å². The van der Waals surface area contributed by atoms with E-state index in [9.17, 15) is 92.7 Å². The number of aliphatic hydroxyl groups is 28. The van der Waals surface area contributed by atoms with Gasteiger partial charge in [-0.05, 0) is 149 Å². The Morgan fingerprint density at radius 1 is 0.420 bits per heavy atom. The highest BCUT2D eigenvalue weighted by molar-refractivity contribution is 5.20. The van der Waals surface area contributed by atoms with E-state index in [2.05, 4.69) is 25.7 Å². The molecule has 9 fully saturated rings. The Balaban J connectivity index is 0. The minimum atomic E-state index is -4.87. The van der Waals surface area contributed by atoms with E-state index in [1.807, 2.05) is 27.7 Å². The third-order valence-electron chi connectivity index (χ3n) is 27.3. The van der Waals surface area contributed by atoms with Crippen LogP contribution in [0.3, 0.4) is 0 Å². The Labute approximate surface area is 702 Å². The van der Waals surface area contributed by atoms with Crippen molar-refractivity contribution in [1.82, 2.24) is 0 Å². The van der Waals surface area contributed by atoms with Gasteiger partial charge in [-0.1, -0.05) is 121 Å². The van der Waals surface area contributed by atoms with Crippen LogP contribution < -0.4 is 0 Å². The van der Waals surface area contributed by atoms with Crippen LogP contribution in [0.15, 0.2) is 36.0 Å². The molecule has 0 heterocycles. The second-order valence-corrected chi connectivity index (χ2v) is 36.1. The number of aliphatic hydroxyl groups excluding tert-OH is 25. The molecule has 0 saturated heterocycles. The molecule has 0 spiro atoms. The van der Waals surface area contributed by atoms with Crippen molar-refractivity contribution in [2.75, 3.05) is 86.0 Å². The van der Waals surface area contributed by atoms with Gasteiger partial charge in [0.1, 0.15) is 30.2 Å². The summed E-state index contributed by atoms with van der Waals surface area (Å²) < 4.78 is 76.1. The van der Waals surface area contributed by atoms with Gasteiger partial charge in [-0.25, -0.2) is 13.2 Å². The Morgan fingerprint density at radius 2 is 0.866 bits per heavy atom. The highest BCUT2D eigenvalue weighted by atomic mass is 19.4. The van der Waals surface area contributed by atoms with Gasteiger partial charge in [0.25, 0.3) is 0 Å². The van der Waals surface area contributed by atoms with Gasteiger partial charge in [-0.3, -0.25) is 0 Å². The van der Waals surface area contributed by atoms with Crippen LogP contribution in [0.25, 0.3) is 0 Å². The molecule has 28 nitrogen and oxygen atoms in total. The molecule has 0 aromatic carbocycles. The van der Waals surface area contributed by atoms with Gasteiger partial charge in [-0.15, -0.1) is 0 Å². The molecule has 0 amide bonds. The van der Waals surface area contributed by atoms with E-state index in [0.29, 0.717) is 61.5 Å². The fourth-order valence-corrected chi connectivity index (χ4v) is 17.8. The summed E-state index contributed by atoms with van der Waals surface area (Å²) in [5, 5.41) is 254. The fraction of sp³-hybridized carbons (Fsp3) is 0.929. The van der Waals surface area contributed by atoms with Gasteiger partial charge in [0.2, 0.25) is 0 Å². The van der Waals surface area contributed by atoms with E-state index in [1.165, 1.54) is 13.8 Å². The van der Waals surface area contributed by atoms with Crippen LogP contribution in [-0.4, -0.2) is 343 Å². The predicted octanol–water partition coefficient (Wildman–Crippen LogP) is 1.40. The Hall–Kier alpha value is -2.32. The molecule has 119 heavy (non-hydrogen) atoms. The molecular weight excluding hydrogens is 1580 g/mol. The van der Waals surface area contributed by atoms with Crippen molar-refractivity contribution >= 4 is 0 Å². The minimum Gasteiger partial charge on any atom is -0.396 e. The lowest BCUT2D eigenvalue weighted by Gasteiger charge is -2.33. The molecule has 0 aliphatic heterocycles. The van der Waals surface area contributed by atoms with Crippen LogP contribution in [0, 0.1) is 130 Å². The molecule has 40 atom stereocenters. The predicted molar refractivity (Wildman–Crippen MR) is 435 cm³/mol. The fourth-order valence-electron chi connectivity index (χ4n) is 17.8. The molecule has 0 aromatic rings. The average Bonchev–Trinajstić information content (AvgIpc) is 1.61. The summed E-state index contributed by atoms with van der Waals surface area (Å²) >= 11 is 0. The zero-order valence-corrected chi connectivity index (χ0v) is 70.8. The molecule has 9 saturated carbocycles. The van der Waals surface area contributed by atoms with E-state index >= 15 is 0 Å². The second kappa shape index (κ2) is 54.1. The van der Waals surface area contributed by atoms with Crippen molar-refractivity contribution in [2.45, 2.75) is 283 Å². The molecule has 28 N–H and O–H groups in total. The molecule has 0 aromatic heterocycles. The van der Waals surface area contributed by atoms with Crippen LogP contribution in [0.4, 0.5) is 26.3 Å². The van der Waals surface area contributed by atoms with E-state index < -0.39 is 133 Å². The maximum Gasteiger partial charge on any atom is 0.420 e. The van der Waals surface area contributed by atoms with Crippen molar-refractivity contribution in [1.29, 1.82) is 0 Å². The van der Waals surface area contributed by atoms with Crippen molar-refractivity contribution in [3.05, 3.63) is 36.0 Å². The summed E-state index contributed by atoms with van der Waals surface area (Å²) in [5.41, 5.74) is -6.00. The Bertz CT molecular complexity index is 2710. The number of rotatable bonds is 13. The topological polar surface area (TPSA) is 566 Å². The highest BCUT2D eigenvalue weighted by Gasteiger charge is 2.67. The van der Waals surface area contributed by atoms with Crippen LogP contribution in [0.1, 0.15) is 169 Å². The number of allylic oxidation sites excluding steroid dienone is 1. The van der Waals surface area contributed by atoms with Gasteiger partial charge in [-0.2, -0.15) is 13.2 Å². The molecule has 11 aliphatic carbocycles. The van der Waals surface area contributed by atoms with Crippen molar-refractivity contribution in [3.8, 4) is 0 Å². The standard InChI is InChI=1S/C8H13F3O3.C8H15FO3.C8H15FO2.2C8H16O3.C8H14O3.C7H13FO2.C7H14O3.C7H12O3.C7H14O2.C7H12O.2CH4/c1-4-2-5(3-12)6(13)7(4,14)8(9,10)11;1-5-2-6(3-10)7(11)8(5,12)4-9;1-5-3-6(4-10)7(11)8(5,2)9;1-5-3-6(4-9)7(10)8(5,2)11;1-5-2-6(3-9)7(4-10)8(5)11;1-4-5(2)7(10)8(11)6(4)3-9;1-4-2-5(3-9)7(10)6(4)8;2*1-4-2-5(3-8)7(10)6(4)9;1-5-2-6(4-8)3-7(5)9;1-6-2-3-7(4-6)5-8;;/h4-6,12-14H,2-3H2,1H3;5-7,10-12H,2-4H2,1H3;5-7,10-11H,3-4H2,1-2H3;5-7,9-11H,3-4H2,1-2H3;5-11H,2-4H2,1H3;5-11H,1,3H2,2H3;4-7,9-10H,2-3H2,1H3;4-10H,2-3H2,1H3;2,4,6-10H,3H2,1H3;5-9H,2-4H2,1H3;2-3,6-8H,4-5H2,1H3;2*1H4/t4-,5-,6-,7+;4*5-,6-,7-,8+;5-,6+,7+,8-;2*4-,5-,6+,7-;4-,6+,7-;5-,6+,7-;6-,7+;;/m11111111110../s1. The Morgan fingerprint density at radius 3 is 1.08 bits per heavy atom. The van der Waals surface area contributed by atoms with Gasteiger partial charge < -0.3 is 143 Å². The molecule has 34 heteroatoms. The normalized spacial score (nSPS) is 45.1. The van der Waals surface area contributed by atoms with Crippen molar-refractivity contribution in [2.24, 2.45) is 130 Å². The van der Waals surface area contributed by atoms with Crippen molar-refractivity contribution < 1.29 is 169 Å². The lowest BCUT2D eigenvalue weighted by Crippen LogP contribution is -2.56. The first-order valence-corrected chi connectivity index (χ1v) is 41.5. The van der Waals surface area contributed by atoms with Crippen LogP contribution in [0.2, 0.25) is 0 Å². The lowest BCUT2D eigenvalue weighted by molar-refractivity contribution is -0.297. The number of halogens is 6. The molecule has 0 unspecified atom stereocenters. The number of alkyl halides is 6. The van der Waals surface area contributed by atoms with E-state index in [0.717, 1.165) is 37.7 Å². The van der Waals surface area contributed by atoms with Gasteiger partial charge in [0.05, 0.1) is 92.1 Å². The molecule has 0 radical (unpaired) electrons. The second-order valence-electron chi connectivity index (χ2n) is 36.1. The quantitative estimate of drug-likeness (QED) is 0.0915. The minimum absolute atomic E-state index is 0. The maximum absolute atomic E-state index is 13.5. The van der Waals surface area contributed by atoms with E-state index in [4.69, 9.17) is 76.6 Å². The van der Waals surface area contributed by atoms with Crippen LogP contribution >= 0.6 is 0 Å². The number of hydrogen-bond donors (Lipinski definition) is 28. The first-order chi connectivity index (χ1) is 54.1. The zero-order chi connectivity index (χ0) is 90.8. The van der Waals surface area contributed by atoms with E-state index in [1.54, 1.807) is 47.6 Å². The molecule has 712 valence electrons. The molecular formula is C85H162F6O28.